The fourth-order valence-electron chi connectivity index (χ4n) is 1.91. The van der Waals surface area contributed by atoms with Crippen molar-refractivity contribution < 1.29 is 14.7 Å². The average molecular weight is 333 g/mol. The summed E-state index contributed by atoms with van der Waals surface area (Å²) in [4.78, 5) is 24.9. The number of carbonyl (C=O) groups excluding carboxylic acids is 2. The standard InChI is InChI=1S/C14H18Cl2N2O3/c1-8(13(20)17-2)7-18(3)14(21)12(19)9-4-10(15)6-11(16)5-9/h4-6,8,12,19H,7H2,1-3H3,(H,17,20). The summed E-state index contributed by atoms with van der Waals surface area (Å²) in [7, 11) is 3.06. The van der Waals surface area contributed by atoms with Crippen molar-refractivity contribution in [3.63, 3.8) is 0 Å². The van der Waals surface area contributed by atoms with Crippen molar-refractivity contribution in [3.05, 3.63) is 33.8 Å². The number of hydrogen-bond acceptors (Lipinski definition) is 3. The molecule has 1 aromatic rings. The molecule has 5 nitrogen and oxygen atoms in total. The number of likely N-dealkylation sites (N-methyl/N-ethyl adjacent to an activating group) is 1. The Labute approximate surface area is 133 Å². The predicted octanol–water partition coefficient (Wildman–Crippen LogP) is 1.87. The Morgan fingerprint density at radius 3 is 2.29 bits per heavy atom. The van der Waals surface area contributed by atoms with E-state index < -0.39 is 12.0 Å². The molecular weight excluding hydrogens is 315 g/mol. The number of nitrogens with zero attached hydrogens (tertiary/aromatic N) is 1. The molecule has 0 radical (unpaired) electrons. The maximum absolute atomic E-state index is 12.2. The molecule has 0 spiro atoms. The lowest BCUT2D eigenvalue weighted by Gasteiger charge is -2.23. The molecule has 0 fully saturated rings. The van der Waals surface area contributed by atoms with E-state index in [9.17, 15) is 14.7 Å². The third kappa shape index (κ3) is 4.88. The van der Waals surface area contributed by atoms with Crippen molar-refractivity contribution >= 4 is 35.0 Å². The minimum absolute atomic E-state index is 0.171. The van der Waals surface area contributed by atoms with Gasteiger partial charge in [-0.2, -0.15) is 0 Å². The Balaban J connectivity index is 2.79. The van der Waals surface area contributed by atoms with E-state index in [-0.39, 0.29) is 18.4 Å². The van der Waals surface area contributed by atoms with Crippen LogP contribution in [0.15, 0.2) is 18.2 Å². The van der Waals surface area contributed by atoms with E-state index in [1.807, 2.05) is 0 Å². The Morgan fingerprint density at radius 2 is 1.81 bits per heavy atom. The molecular formula is C14H18Cl2N2O3. The predicted molar refractivity (Wildman–Crippen MR) is 82.3 cm³/mol. The highest BCUT2D eigenvalue weighted by Gasteiger charge is 2.24. The minimum Gasteiger partial charge on any atom is -0.378 e. The first kappa shape index (κ1) is 17.8. The Kier molecular flexibility index (Phi) is 6.45. The second-order valence-electron chi connectivity index (χ2n) is 4.84. The first-order valence-corrected chi connectivity index (χ1v) is 7.12. The minimum atomic E-state index is -1.37. The van der Waals surface area contributed by atoms with Gasteiger partial charge in [0.2, 0.25) is 5.91 Å². The molecule has 2 amide bonds. The van der Waals surface area contributed by atoms with Crippen LogP contribution in [0.5, 0.6) is 0 Å². The summed E-state index contributed by atoms with van der Waals surface area (Å²) >= 11 is 11.7. The molecule has 7 heteroatoms. The quantitative estimate of drug-likeness (QED) is 0.864. The molecule has 0 aromatic heterocycles. The lowest BCUT2D eigenvalue weighted by atomic mass is 10.1. The van der Waals surface area contributed by atoms with Gasteiger partial charge in [0, 0.05) is 30.7 Å². The van der Waals surface area contributed by atoms with E-state index >= 15 is 0 Å². The van der Waals surface area contributed by atoms with Gasteiger partial charge >= 0.3 is 0 Å². The molecule has 2 N–H and O–H groups in total. The monoisotopic (exact) mass is 332 g/mol. The molecule has 0 aliphatic carbocycles. The van der Waals surface area contributed by atoms with Gasteiger partial charge in [-0.25, -0.2) is 0 Å². The maximum Gasteiger partial charge on any atom is 0.255 e. The molecule has 1 aromatic carbocycles. The van der Waals surface area contributed by atoms with Crippen LogP contribution in [-0.4, -0.2) is 42.5 Å². The third-order valence-corrected chi connectivity index (χ3v) is 3.49. The van der Waals surface area contributed by atoms with Crippen molar-refractivity contribution in [2.75, 3.05) is 20.6 Å². The zero-order valence-electron chi connectivity index (χ0n) is 12.1. The molecule has 2 atom stereocenters. The van der Waals surface area contributed by atoms with Crippen LogP contribution < -0.4 is 5.32 Å². The van der Waals surface area contributed by atoms with Gasteiger partial charge in [-0.15, -0.1) is 0 Å². The fourth-order valence-corrected chi connectivity index (χ4v) is 2.46. The smallest absolute Gasteiger partial charge is 0.255 e. The second kappa shape index (κ2) is 7.64. The van der Waals surface area contributed by atoms with Gasteiger partial charge in [0.15, 0.2) is 6.10 Å². The fraction of sp³-hybridized carbons (Fsp3) is 0.429. The maximum atomic E-state index is 12.2. The summed E-state index contributed by atoms with van der Waals surface area (Å²) in [6.45, 7) is 1.90. The summed E-state index contributed by atoms with van der Waals surface area (Å²) in [5.41, 5.74) is 0.317. The number of aliphatic hydroxyl groups is 1. The van der Waals surface area contributed by atoms with E-state index in [0.29, 0.717) is 15.6 Å². The lowest BCUT2D eigenvalue weighted by molar-refractivity contribution is -0.140. The molecule has 0 saturated heterocycles. The van der Waals surface area contributed by atoms with Crippen molar-refractivity contribution in [3.8, 4) is 0 Å². The van der Waals surface area contributed by atoms with Gasteiger partial charge in [-0.3, -0.25) is 9.59 Å². The van der Waals surface area contributed by atoms with Gasteiger partial charge in [-0.05, 0) is 23.8 Å². The van der Waals surface area contributed by atoms with Gasteiger partial charge in [0.1, 0.15) is 0 Å². The summed E-state index contributed by atoms with van der Waals surface area (Å²) in [5.74, 6) is -1.07. The van der Waals surface area contributed by atoms with E-state index in [1.54, 1.807) is 6.92 Å². The summed E-state index contributed by atoms with van der Waals surface area (Å²) in [5, 5.41) is 13.3. The lowest BCUT2D eigenvalue weighted by Crippen LogP contribution is -2.39. The van der Waals surface area contributed by atoms with Crippen LogP contribution in [0.2, 0.25) is 10.0 Å². The van der Waals surface area contributed by atoms with E-state index in [1.165, 1.54) is 37.2 Å². The molecule has 1 rings (SSSR count). The van der Waals surface area contributed by atoms with Gasteiger partial charge in [0.05, 0.1) is 5.92 Å². The number of rotatable bonds is 5. The highest BCUT2D eigenvalue weighted by molar-refractivity contribution is 6.34. The first-order chi connectivity index (χ1) is 9.76. The highest BCUT2D eigenvalue weighted by atomic mass is 35.5. The Bertz CT molecular complexity index is 517. The number of carbonyl (C=O) groups is 2. The van der Waals surface area contributed by atoms with Crippen LogP contribution >= 0.6 is 23.2 Å². The number of aliphatic hydroxyl groups excluding tert-OH is 1. The number of benzene rings is 1. The molecule has 0 aliphatic heterocycles. The summed E-state index contributed by atoms with van der Waals surface area (Å²) < 4.78 is 0. The van der Waals surface area contributed by atoms with Crippen LogP contribution in [-0.2, 0) is 9.59 Å². The number of amides is 2. The molecule has 0 saturated carbocycles. The van der Waals surface area contributed by atoms with Crippen LogP contribution in [0.1, 0.15) is 18.6 Å². The van der Waals surface area contributed by atoms with E-state index in [4.69, 9.17) is 23.2 Å². The molecule has 0 heterocycles. The highest BCUT2D eigenvalue weighted by Crippen LogP contribution is 2.24. The number of hydrogen-bond donors (Lipinski definition) is 2. The van der Waals surface area contributed by atoms with E-state index in [0.717, 1.165) is 0 Å². The number of halogens is 2. The molecule has 2 unspecified atom stereocenters. The van der Waals surface area contributed by atoms with Gasteiger partial charge < -0.3 is 15.3 Å². The van der Waals surface area contributed by atoms with Crippen LogP contribution in [0.25, 0.3) is 0 Å². The summed E-state index contributed by atoms with van der Waals surface area (Å²) in [6.07, 6.45) is -1.37. The number of nitrogens with one attached hydrogen (secondary N) is 1. The van der Waals surface area contributed by atoms with Crippen molar-refractivity contribution in [2.45, 2.75) is 13.0 Å². The van der Waals surface area contributed by atoms with E-state index in [2.05, 4.69) is 5.32 Å². The van der Waals surface area contributed by atoms with Gasteiger partial charge in [-0.1, -0.05) is 30.1 Å². The normalized spacial score (nSPS) is 13.4. The second-order valence-corrected chi connectivity index (χ2v) is 5.71. The molecule has 0 bridgehead atoms. The summed E-state index contributed by atoms with van der Waals surface area (Å²) in [6, 6.07) is 4.47. The topological polar surface area (TPSA) is 69.6 Å². The SMILES string of the molecule is CNC(=O)C(C)CN(C)C(=O)C(O)c1cc(Cl)cc(Cl)c1. The van der Waals surface area contributed by atoms with Crippen LogP contribution in [0.3, 0.4) is 0 Å². The molecule has 116 valence electrons. The Hall–Kier alpha value is -1.30. The molecule has 0 aliphatic rings. The zero-order chi connectivity index (χ0) is 16.2. The van der Waals surface area contributed by atoms with Crippen LogP contribution in [0.4, 0.5) is 0 Å². The zero-order valence-corrected chi connectivity index (χ0v) is 13.6. The van der Waals surface area contributed by atoms with Crippen molar-refractivity contribution in [2.24, 2.45) is 5.92 Å². The average Bonchev–Trinajstić information content (AvgIpc) is 2.43. The van der Waals surface area contributed by atoms with Crippen molar-refractivity contribution in [1.29, 1.82) is 0 Å². The largest absolute Gasteiger partial charge is 0.378 e. The van der Waals surface area contributed by atoms with Crippen molar-refractivity contribution in [1.82, 2.24) is 10.2 Å². The van der Waals surface area contributed by atoms with Crippen LogP contribution in [0, 0.1) is 5.92 Å². The third-order valence-electron chi connectivity index (χ3n) is 3.05. The Morgan fingerprint density at radius 1 is 1.29 bits per heavy atom. The van der Waals surface area contributed by atoms with Gasteiger partial charge in [0.25, 0.3) is 5.91 Å². The molecule has 21 heavy (non-hydrogen) atoms. The first-order valence-electron chi connectivity index (χ1n) is 6.37.